The van der Waals surface area contributed by atoms with Crippen molar-refractivity contribution in [2.75, 3.05) is 0 Å². The third-order valence-electron chi connectivity index (χ3n) is 0.599. The van der Waals surface area contributed by atoms with Gasteiger partial charge in [0.2, 0.25) is 0 Å². The van der Waals surface area contributed by atoms with Crippen molar-refractivity contribution in [2.45, 2.75) is 6.92 Å². The Hall–Kier alpha value is -1.18. The van der Waals surface area contributed by atoms with Crippen LogP contribution in [-0.2, 0) is 9.47 Å². The number of ether oxygens (including phenoxy) is 2. The van der Waals surface area contributed by atoms with Crippen LogP contribution in [0.4, 0.5) is 0 Å². The summed E-state index contributed by atoms with van der Waals surface area (Å²) in [6.45, 7) is 8.46. The first kappa shape index (κ1) is 7.82. The highest BCUT2D eigenvalue weighted by Gasteiger charge is 1.81. The van der Waals surface area contributed by atoms with Gasteiger partial charge in [-0.1, -0.05) is 13.2 Å². The average molecular weight is 126 g/mol. The molecule has 0 fully saturated rings. The van der Waals surface area contributed by atoms with Crippen molar-refractivity contribution in [3.8, 4) is 0 Å². The lowest BCUT2D eigenvalue weighted by atomic mass is 10.6. The Morgan fingerprint density at radius 1 is 1.33 bits per heavy atom. The standard InChI is InChI=1S/C7H10O2/c1-4-8-6-7(3)9-5-2/h4-6H,1-2H2,3H3/b7-6+. The molecule has 0 aromatic rings. The second kappa shape index (κ2) is 4.97. The molecule has 0 saturated heterocycles. The fourth-order valence-corrected chi connectivity index (χ4v) is 0.303. The summed E-state index contributed by atoms with van der Waals surface area (Å²) in [5.41, 5.74) is 0. The van der Waals surface area contributed by atoms with Crippen molar-refractivity contribution in [1.29, 1.82) is 0 Å². The molecule has 9 heavy (non-hydrogen) atoms. The third kappa shape index (κ3) is 4.68. The second-order valence-electron chi connectivity index (χ2n) is 1.32. The fraction of sp³-hybridized carbons (Fsp3) is 0.143. The Bertz CT molecular complexity index is 125. The Balaban J connectivity index is 3.53. The first-order chi connectivity index (χ1) is 4.31. The molecule has 0 radical (unpaired) electrons. The van der Waals surface area contributed by atoms with E-state index in [9.17, 15) is 0 Å². The predicted octanol–water partition coefficient (Wildman–Crippen LogP) is 2.17. The molecule has 2 nitrogen and oxygen atoms in total. The molecular formula is C7H10O2. The Morgan fingerprint density at radius 3 is 2.44 bits per heavy atom. The Morgan fingerprint density at radius 2 is 2.00 bits per heavy atom. The molecular weight excluding hydrogens is 116 g/mol. The van der Waals surface area contributed by atoms with Crippen LogP contribution in [0, 0.1) is 0 Å². The molecule has 0 N–H and O–H groups in total. The molecule has 0 aromatic carbocycles. The van der Waals surface area contributed by atoms with E-state index < -0.39 is 0 Å². The van der Waals surface area contributed by atoms with Crippen LogP contribution < -0.4 is 0 Å². The van der Waals surface area contributed by atoms with Crippen LogP contribution in [0.5, 0.6) is 0 Å². The Labute approximate surface area is 55.1 Å². The zero-order valence-electron chi connectivity index (χ0n) is 5.46. The number of hydrogen-bond donors (Lipinski definition) is 0. The fourth-order valence-electron chi connectivity index (χ4n) is 0.303. The van der Waals surface area contributed by atoms with Gasteiger partial charge < -0.3 is 9.47 Å². The first-order valence-electron chi connectivity index (χ1n) is 2.52. The van der Waals surface area contributed by atoms with Gasteiger partial charge in [-0.15, -0.1) is 0 Å². The average Bonchev–Trinajstić information content (AvgIpc) is 1.85. The van der Waals surface area contributed by atoms with Gasteiger partial charge in [0.15, 0.2) is 0 Å². The summed E-state index contributed by atoms with van der Waals surface area (Å²) in [5.74, 6) is 0.643. The minimum atomic E-state index is 0.643. The van der Waals surface area contributed by atoms with Gasteiger partial charge in [0.05, 0.1) is 12.5 Å². The van der Waals surface area contributed by atoms with Crippen molar-refractivity contribution < 1.29 is 9.47 Å². The van der Waals surface area contributed by atoms with Gasteiger partial charge in [-0.2, -0.15) is 0 Å². The van der Waals surface area contributed by atoms with Crippen molar-refractivity contribution >= 4 is 0 Å². The van der Waals surface area contributed by atoms with Crippen LogP contribution >= 0.6 is 0 Å². The normalized spacial score (nSPS) is 10.1. The lowest BCUT2D eigenvalue weighted by Crippen LogP contribution is -1.77. The third-order valence-corrected chi connectivity index (χ3v) is 0.599. The minimum absolute atomic E-state index is 0.643. The van der Waals surface area contributed by atoms with E-state index in [1.54, 1.807) is 6.92 Å². The molecule has 0 aliphatic rings. The van der Waals surface area contributed by atoms with Crippen molar-refractivity contribution in [3.63, 3.8) is 0 Å². The number of hydrogen-bond acceptors (Lipinski definition) is 2. The van der Waals surface area contributed by atoms with Crippen LogP contribution in [0.1, 0.15) is 6.92 Å². The van der Waals surface area contributed by atoms with E-state index in [4.69, 9.17) is 4.74 Å². The topological polar surface area (TPSA) is 18.5 Å². The molecule has 2 heteroatoms. The number of rotatable bonds is 4. The van der Waals surface area contributed by atoms with E-state index >= 15 is 0 Å². The van der Waals surface area contributed by atoms with E-state index in [0.29, 0.717) is 5.76 Å². The van der Waals surface area contributed by atoms with Crippen molar-refractivity contribution in [2.24, 2.45) is 0 Å². The predicted molar refractivity (Wildman–Crippen MR) is 36.3 cm³/mol. The molecule has 0 bridgehead atoms. The second-order valence-corrected chi connectivity index (χ2v) is 1.32. The van der Waals surface area contributed by atoms with E-state index in [1.165, 1.54) is 18.8 Å². The highest BCUT2D eigenvalue weighted by molar-refractivity contribution is 4.84. The molecule has 0 saturated carbocycles. The summed E-state index contributed by atoms with van der Waals surface area (Å²) in [6.07, 6.45) is 4.09. The molecule has 0 atom stereocenters. The molecule has 0 spiro atoms. The maximum atomic E-state index is 4.80. The van der Waals surface area contributed by atoms with Crippen LogP contribution in [0.25, 0.3) is 0 Å². The SMILES string of the molecule is C=CO/C=C(\C)OC=C. The lowest BCUT2D eigenvalue weighted by Gasteiger charge is -1.96. The molecule has 50 valence electrons. The quantitative estimate of drug-likeness (QED) is 0.537. The van der Waals surface area contributed by atoms with E-state index in [-0.39, 0.29) is 0 Å². The zero-order chi connectivity index (χ0) is 7.11. The van der Waals surface area contributed by atoms with Gasteiger partial charge in [0.1, 0.15) is 12.0 Å². The highest BCUT2D eigenvalue weighted by atomic mass is 16.5. The van der Waals surface area contributed by atoms with Gasteiger partial charge in [-0.25, -0.2) is 0 Å². The first-order valence-corrected chi connectivity index (χ1v) is 2.52. The largest absolute Gasteiger partial charge is 0.470 e. The summed E-state index contributed by atoms with van der Waals surface area (Å²) in [6, 6.07) is 0. The summed E-state index contributed by atoms with van der Waals surface area (Å²) >= 11 is 0. The van der Waals surface area contributed by atoms with Gasteiger partial charge in [-0.3, -0.25) is 0 Å². The lowest BCUT2D eigenvalue weighted by molar-refractivity contribution is 0.310. The molecule has 0 unspecified atom stereocenters. The van der Waals surface area contributed by atoms with E-state index in [2.05, 4.69) is 17.9 Å². The van der Waals surface area contributed by atoms with Gasteiger partial charge in [0.25, 0.3) is 0 Å². The molecule has 0 aliphatic carbocycles. The van der Waals surface area contributed by atoms with Gasteiger partial charge in [-0.05, 0) is 6.92 Å². The Kier molecular flexibility index (Phi) is 4.32. The van der Waals surface area contributed by atoms with Gasteiger partial charge >= 0.3 is 0 Å². The minimum Gasteiger partial charge on any atom is -0.470 e. The van der Waals surface area contributed by atoms with E-state index in [1.807, 2.05) is 0 Å². The van der Waals surface area contributed by atoms with Crippen molar-refractivity contribution in [3.05, 3.63) is 37.7 Å². The maximum Gasteiger partial charge on any atom is 0.135 e. The highest BCUT2D eigenvalue weighted by Crippen LogP contribution is 1.94. The summed E-state index contributed by atoms with van der Waals surface area (Å²) in [7, 11) is 0. The van der Waals surface area contributed by atoms with Crippen LogP contribution in [0.2, 0.25) is 0 Å². The van der Waals surface area contributed by atoms with E-state index in [0.717, 1.165) is 0 Å². The summed E-state index contributed by atoms with van der Waals surface area (Å²) < 4.78 is 9.47. The molecule has 0 aliphatic heterocycles. The van der Waals surface area contributed by atoms with Crippen LogP contribution in [-0.4, -0.2) is 0 Å². The van der Waals surface area contributed by atoms with Crippen LogP contribution in [0.3, 0.4) is 0 Å². The van der Waals surface area contributed by atoms with Gasteiger partial charge in [0, 0.05) is 0 Å². The maximum absolute atomic E-state index is 4.80. The molecule has 0 aromatic heterocycles. The van der Waals surface area contributed by atoms with Crippen molar-refractivity contribution in [1.82, 2.24) is 0 Å². The summed E-state index contributed by atoms with van der Waals surface area (Å²) in [4.78, 5) is 0. The summed E-state index contributed by atoms with van der Waals surface area (Å²) in [5, 5.41) is 0. The zero-order valence-corrected chi connectivity index (χ0v) is 5.46. The monoisotopic (exact) mass is 126 g/mol. The van der Waals surface area contributed by atoms with Crippen LogP contribution in [0.15, 0.2) is 37.7 Å². The smallest absolute Gasteiger partial charge is 0.135 e. The molecule has 0 amide bonds. The molecule has 0 heterocycles. The molecule has 0 rings (SSSR count). The number of allylic oxidation sites excluding steroid dienone is 1.